The smallest absolute Gasteiger partial charge is 0.344 e. The third-order valence-corrected chi connectivity index (χ3v) is 5.53. The number of esters is 1. The van der Waals surface area contributed by atoms with Gasteiger partial charge in [-0.2, -0.15) is 0 Å². The molecule has 0 bridgehead atoms. The van der Waals surface area contributed by atoms with E-state index < -0.39 is 76.0 Å². The highest BCUT2D eigenvalue weighted by molar-refractivity contribution is 6.22. The van der Waals surface area contributed by atoms with Crippen LogP contribution in [-0.4, -0.2) is 62.7 Å². The van der Waals surface area contributed by atoms with Crippen LogP contribution in [0.4, 0.5) is 0 Å². The minimum atomic E-state index is -1.73. The zero-order valence-corrected chi connectivity index (χ0v) is 17.2. The number of rotatable bonds is 3. The SMILES string of the molecule is CC(=O)O[C@H]1CO[C@@H](Oc2cc3c(=O)oc4c(O)c(O)cc5c(=O)oc(c2O)c3c45)[C@H](O)[C@H]1O. The van der Waals surface area contributed by atoms with Crippen molar-refractivity contribution in [3.63, 3.8) is 0 Å². The molecule has 4 aromatic rings. The highest BCUT2D eigenvalue weighted by atomic mass is 16.7. The monoisotopic (exact) mass is 476 g/mol. The lowest BCUT2D eigenvalue weighted by molar-refractivity contribution is -0.247. The predicted octanol–water partition coefficient (Wildman–Crippen LogP) is -0.00420. The highest BCUT2D eigenvalue weighted by Crippen LogP contribution is 2.45. The number of benzene rings is 2. The number of ether oxygens (including phenoxy) is 3. The normalized spacial score (nSPS) is 23.0. The van der Waals surface area contributed by atoms with Crippen LogP contribution in [0.1, 0.15) is 6.92 Å². The standard InChI is InChI=1S/C21H16O13/c1-5(22)31-10-4-30-21(16(27)14(10)25)32-9-3-7-12-11-6(19(28)34-18(12)15(9)26)2-8(23)13(24)17(11)33-20(7)29/h2-3,10,14,16,21,23-27H,4H2,1H3/t10-,14-,16+,21-/m0/s1. The van der Waals surface area contributed by atoms with Gasteiger partial charge in [-0.25, -0.2) is 9.59 Å². The van der Waals surface area contributed by atoms with Gasteiger partial charge < -0.3 is 48.6 Å². The number of carbonyl (C=O) groups is 1. The Morgan fingerprint density at radius 2 is 1.53 bits per heavy atom. The second kappa shape index (κ2) is 7.48. The third kappa shape index (κ3) is 3.09. The Balaban J connectivity index is 1.65. The minimum absolute atomic E-state index is 0.0772. The number of phenols is 3. The van der Waals surface area contributed by atoms with Crippen molar-refractivity contribution in [1.82, 2.24) is 0 Å². The summed E-state index contributed by atoms with van der Waals surface area (Å²) in [6, 6.07) is 1.96. The average Bonchev–Trinajstić information content (AvgIpc) is 2.78. The van der Waals surface area contributed by atoms with E-state index >= 15 is 0 Å². The molecule has 2 aromatic carbocycles. The molecule has 13 heteroatoms. The Morgan fingerprint density at radius 3 is 2.15 bits per heavy atom. The van der Waals surface area contributed by atoms with Gasteiger partial charge in [0.1, 0.15) is 12.2 Å². The Kier molecular flexibility index (Phi) is 4.79. The number of hydrogen-bond acceptors (Lipinski definition) is 13. The summed E-state index contributed by atoms with van der Waals surface area (Å²) in [6.07, 6.45) is -6.05. The summed E-state index contributed by atoms with van der Waals surface area (Å²) in [7, 11) is 0. The summed E-state index contributed by atoms with van der Waals surface area (Å²) in [5.41, 5.74) is -3.02. The molecule has 1 fully saturated rings. The molecule has 5 rings (SSSR count). The van der Waals surface area contributed by atoms with Gasteiger partial charge in [0.15, 0.2) is 28.8 Å². The van der Waals surface area contributed by atoms with Crippen LogP contribution in [0, 0.1) is 0 Å². The number of aliphatic hydroxyl groups is 2. The van der Waals surface area contributed by atoms with E-state index in [0.717, 1.165) is 19.1 Å². The molecule has 3 heterocycles. The lowest BCUT2D eigenvalue weighted by Crippen LogP contribution is -2.56. The fourth-order valence-electron chi connectivity index (χ4n) is 3.97. The molecule has 4 atom stereocenters. The molecular weight excluding hydrogens is 460 g/mol. The van der Waals surface area contributed by atoms with Gasteiger partial charge in [-0.15, -0.1) is 0 Å². The van der Waals surface area contributed by atoms with Crippen LogP contribution in [0.15, 0.2) is 30.6 Å². The first-order valence-electron chi connectivity index (χ1n) is 9.83. The van der Waals surface area contributed by atoms with Gasteiger partial charge in [0.2, 0.25) is 17.8 Å². The molecule has 1 saturated heterocycles. The van der Waals surface area contributed by atoms with E-state index in [9.17, 15) is 39.9 Å². The summed E-state index contributed by atoms with van der Waals surface area (Å²) in [5.74, 6) is -3.42. The van der Waals surface area contributed by atoms with Crippen LogP contribution in [0.5, 0.6) is 23.0 Å². The topological polar surface area (TPSA) is 206 Å². The fraction of sp³-hybridized carbons (Fsp3) is 0.286. The van der Waals surface area contributed by atoms with Crippen LogP contribution in [-0.2, 0) is 14.3 Å². The van der Waals surface area contributed by atoms with Gasteiger partial charge in [-0.3, -0.25) is 4.79 Å². The molecule has 0 aliphatic carbocycles. The van der Waals surface area contributed by atoms with Crippen LogP contribution in [0.3, 0.4) is 0 Å². The van der Waals surface area contributed by atoms with Crippen LogP contribution in [0.25, 0.3) is 32.7 Å². The van der Waals surface area contributed by atoms with E-state index in [2.05, 4.69) is 0 Å². The summed E-state index contributed by atoms with van der Waals surface area (Å²) in [5, 5.41) is 50.6. The molecule has 0 saturated carbocycles. The van der Waals surface area contributed by atoms with Crippen LogP contribution in [0.2, 0.25) is 0 Å². The van der Waals surface area contributed by atoms with E-state index in [1.54, 1.807) is 0 Å². The Bertz CT molecular complexity index is 1570. The number of hydrogen-bond donors (Lipinski definition) is 5. The molecule has 0 spiro atoms. The van der Waals surface area contributed by atoms with Gasteiger partial charge >= 0.3 is 17.2 Å². The molecular formula is C21H16O13. The lowest BCUT2D eigenvalue weighted by atomic mass is 10.0. The van der Waals surface area contributed by atoms with Crippen molar-refractivity contribution >= 4 is 38.7 Å². The van der Waals surface area contributed by atoms with E-state index in [-0.39, 0.29) is 28.2 Å². The molecule has 13 nitrogen and oxygen atoms in total. The summed E-state index contributed by atoms with van der Waals surface area (Å²) in [6.45, 7) is 0.765. The van der Waals surface area contributed by atoms with Crippen molar-refractivity contribution in [2.24, 2.45) is 0 Å². The second-order valence-electron chi connectivity index (χ2n) is 7.70. The quantitative estimate of drug-likeness (QED) is 0.114. The summed E-state index contributed by atoms with van der Waals surface area (Å²) in [4.78, 5) is 36.3. The van der Waals surface area contributed by atoms with Crippen molar-refractivity contribution in [3.05, 3.63) is 33.0 Å². The molecule has 34 heavy (non-hydrogen) atoms. The number of carbonyl (C=O) groups excluding carboxylic acids is 1. The maximum Gasteiger partial charge on any atom is 0.344 e. The molecule has 0 amide bonds. The maximum atomic E-state index is 12.6. The predicted molar refractivity (Wildman–Crippen MR) is 110 cm³/mol. The number of aliphatic hydroxyl groups excluding tert-OH is 2. The molecule has 0 unspecified atom stereocenters. The zero-order chi connectivity index (χ0) is 24.5. The molecule has 0 radical (unpaired) electrons. The van der Waals surface area contributed by atoms with Crippen molar-refractivity contribution < 1.29 is 53.4 Å². The van der Waals surface area contributed by atoms with E-state index in [1.165, 1.54) is 0 Å². The number of aromatic hydroxyl groups is 3. The Labute approximate surface area is 186 Å². The third-order valence-electron chi connectivity index (χ3n) is 5.53. The van der Waals surface area contributed by atoms with Gasteiger partial charge in [0.05, 0.1) is 17.4 Å². The Morgan fingerprint density at radius 1 is 0.941 bits per heavy atom. The molecule has 2 aromatic heterocycles. The maximum absolute atomic E-state index is 12.6. The highest BCUT2D eigenvalue weighted by Gasteiger charge is 2.42. The largest absolute Gasteiger partial charge is 0.504 e. The van der Waals surface area contributed by atoms with E-state index in [1.807, 2.05) is 0 Å². The average molecular weight is 476 g/mol. The van der Waals surface area contributed by atoms with Crippen LogP contribution >= 0.6 is 0 Å². The molecule has 178 valence electrons. The first kappa shape index (κ1) is 21.8. The van der Waals surface area contributed by atoms with Gasteiger partial charge in [0.25, 0.3) is 0 Å². The zero-order valence-electron chi connectivity index (χ0n) is 17.2. The minimum Gasteiger partial charge on any atom is -0.504 e. The molecule has 1 aliphatic rings. The second-order valence-corrected chi connectivity index (χ2v) is 7.70. The van der Waals surface area contributed by atoms with Crippen molar-refractivity contribution in [2.75, 3.05) is 6.61 Å². The number of phenolic OH excluding ortho intramolecular Hbond substituents is 3. The van der Waals surface area contributed by atoms with Crippen molar-refractivity contribution in [2.45, 2.75) is 31.5 Å². The van der Waals surface area contributed by atoms with Gasteiger partial charge in [0, 0.05) is 17.7 Å². The fourth-order valence-corrected chi connectivity index (χ4v) is 3.97. The van der Waals surface area contributed by atoms with E-state index in [0.29, 0.717) is 0 Å². The van der Waals surface area contributed by atoms with E-state index in [4.69, 9.17) is 23.0 Å². The lowest BCUT2D eigenvalue weighted by Gasteiger charge is -2.36. The summed E-state index contributed by atoms with van der Waals surface area (Å²) >= 11 is 0. The molecule has 1 aliphatic heterocycles. The van der Waals surface area contributed by atoms with Crippen LogP contribution < -0.4 is 16.0 Å². The van der Waals surface area contributed by atoms with Gasteiger partial charge in [-0.1, -0.05) is 0 Å². The van der Waals surface area contributed by atoms with Crippen molar-refractivity contribution in [1.29, 1.82) is 0 Å². The van der Waals surface area contributed by atoms with Crippen molar-refractivity contribution in [3.8, 4) is 23.0 Å². The first-order valence-corrected chi connectivity index (χ1v) is 9.83. The van der Waals surface area contributed by atoms with Gasteiger partial charge in [-0.05, 0) is 12.1 Å². The Hall–Kier alpha value is -4.07. The molecule has 5 N–H and O–H groups in total. The summed E-state index contributed by atoms with van der Waals surface area (Å²) < 4.78 is 25.9. The first-order chi connectivity index (χ1) is 16.1.